The minimum absolute atomic E-state index is 0.138. The van der Waals surface area contributed by atoms with Crippen molar-refractivity contribution >= 4 is 28.4 Å². The maximum Gasteiger partial charge on any atom is 0.196 e. The van der Waals surface area contributed by atoms with E-state index >= 15 is 0 Å². The molecule has 0 saturated carbocycles. The van der Waals surface area contributed by atoms with Crippen LogP contribution in [0.2, 0.25) is 5.02 Å². The Hall–Kier alpha value is -1.22. The van der Waals surface area contributed by atoms with Gasteiger partial charge in [-0.25, -0.2) is 4.98 Å². The molecule has 1 aromatic heterocycles. The van der Waals surface area contributed by atoms with Gasteiger partial charge in [-0.3, -0.25) is 0 Å². The molecule has 0 saturated heterocycles. The zero-order chi connectivity index (χ0) is 11.9. The fourth-order valence-electron chi connectivity index (χ4n) is 1.59. The van der Waals surface area contributed by atoms with Gasteiger partial charge in [0.2, 0.25) is 0 Å². The topological polar surface area (TPSA) is 52.0 Å². The summed E-state index contributed by atoms with van der Waals surface area (Å²) in [4.78, 5) is 4.39. The molecule has 1 heterocycles. The number of halogens is 1. The van der Waals surface area contributed by atoms with Gasteiger partial charge in [-0.05, 0) is 17.5 Å². The van der Waals surface area contributed by atoms with Crippen molar-refractivity contribution in [2.75, 3.05) is 5.73 Å². The molecular formula is C12H15ClN2O. The summed E-state index contributed by atoms with van der Waals surface area (Å²) in [5, 5.41) is 0.516. The molecule has 86 valence electrons. The molecule has 0 aliphatic carbocycles. The Morgan fingerprint density at radius 3 is 2.69 bits per heavy atom. The molecule has 2 N–H and O–H groups in total. The lowest BCUT2D eigenvalue weighted by Crippen LogP contribution is -2.09. The number of nitrogens with two attached hydrogens (primary N) is 1. The van der Waals surface area contributed by atoms with Gasteiger partial charge in [-0.2, -0.15) is 0 Å². The predicted molar refractivity (Wildman–Crippen MR) is 66.6 cm³/mol. The molecule has 0 radical (unpaired) electrons. The summed E-state index contributed by atoms with van der Waals surface area (Å²) in [6, 6.07) is 3.45. The molecule has 2 aromatic rings. The van der Waals surface area contributed by atoms with Crippen molar-refractivity contribution in [2.24, 2.45) is 5.41 Å². The highest BCUT2D eigenvalue weighted by molar-refractivity contribution is 6.35. The monoisotopic (exact) mass is 238 g/mol. The zero-order valence-electron chi connectivity index (χ0n) is 9.67. The Morgan fingerprint density at radius 1 is 1.38 bits per heavy atom. The first-order chi connectivity index (χ1) is 7.35. The number of benzene rings is 1. The van der Waals surface area contributed by atoms with Crippen molar-refractivity contribution in [3.8, 4) is 0 Å². The molecule has 1 aromatic carbocycles. The summed E-state index contributed by atoms with van der Waals surface area (Å²) in [5.41, 5.74) is 7.78. The number of anilines is 1. The van der Waals surface area contributed by atoms with Crippen LogP contribution in [-0.2, 0) is 6.42 Å². The van der Waals surface area contributed by atoms with Crippen molar-refractivity contribution < 1.29 is 4.42 Å². The molecule has 2 rings (SSSR count). The molecule has 0 amide bonds. The Morgan fingerprint density at radius 2 is 2.06 bits per heavy atom. The fourth-order valence-corrected chi connectivity index (χ4v) is 1.85. The van der Waals surface area contributed by atoms with Gasteiger partial charge in [0.05, 0.1) is 5.02 Å². The van der Waals surface area contributed by atoms with Gasteiger partial charge in [0, 0.05) is 12.1 Å². The first kappa shape index (κ1) is 11.3. The van der Waals surface area contributed by atoms with Gasteiger partial charge >= 0.3 is 0 Å². The molecule has 0 aliphatic heterocycles. The predicted octanol–water partition coefficient (Wildman–Crippen LogP) is 3.65. The van der Waals surface area contributed by atoms with E-state index in [0.717, 1.165) is 11.9 Å². The van der Waals surface area contributed by atoms with E-state index in [1.54, 1.807) is 12.1 Å². The Bertz CT molecular complexity index is 526. The molecule has 0 atom stereocenters. The summed E-state index contributed by atoms with van der Waals surface area (Å²) in [5.74, 6) is 0.704. The van der Waals surface area contributed by atoms with Crippen LogP contribution in [0.15, 0.2) is 16.5 Å². The third-order valence-electron chi connectivity index (χ3n) is 2.19. The maximum absolute atomic E-state index is 6.03. The van der Waals surface area contributed by atoms with Crippen LogP contribution in [0.25, 0.3) is 11.1 Å². The average molecular weight is 239 g/mol. The zero-order valence-corrected chi connectivity index (χ0v) is 10.4. The van der Waals surface area contributed by atoms with Crippen LogP contribution in [0.3, 0.4) is 0 Å². The number of rotatable bonds is 1. The van der Waals surface area contributed by atoms with Gasteiger partial charge in [0.1, 0.15) is 5.52 Å². The molecular weight excluding hydrogens is 224 g/mol. The number of hydrogen-bond donors (Lipinski definition) is 1. The van der Waals surface area contributed by atoms with Crippen LogP contribution in [-0.4, -0.2) is 4.98 Å². The van der Waals surface area contributed by atoms with Crippen molar-refractivity contribution in [3.05, 3.63) is 23.0 Å². The third-order valence-corrected chi connectivity index (χ3v) is 2.47. The van der Waals surface area contributed by atoms with E-state index < -0.39 is 0 Å². The Labute approximate surface area is 99.6 Å². The second-order valence-electron chi connectivity index (χ2n) is 5.20. The highest BCUT2D eigenvalue weighted by Crippen LogP contribution is 2.29. The third kappa shape index (κ3) is 2.30. The van der Waals surface area contributed by atoms with Crippen molar-refractivity contribution in [3.63, 3.8) is 0 Å². The first-order valence-electron chi connectivity index (χ1n) is 5.19. The number of aromatic nitrogens is 1. The molecule has 16 heavy (non-hydrogen) atoms. The lowest BCUT2D eigenvalue weighted by Gasteiger charge is -2.14. The number of oxazole rings is 1. The van der Waals surface area contributed by atoms with Crippen LogP contribution in [0, 0.1) is 5.41 Å². The molecule has 0 spiro atoms. The molecule has 0 aliphatic rings. The molecule has 4 heteroatoms. The largest absolute Gasteiger partial charge is 0.439 e. The summed E-state index contributed by atoms with van der Waals surface area (Å²) in [7, 11) is 0. The quantitative estimate of drug-likeness (QED) is 0.772. The van der Waals surface area contributed by atoms with Crippen LogP contribution in [0.5, 0.6) is 0 Å². The van der Waals surface area contributed by atoms with E-state index in [0.29, 0.717) is 22.2 Å². The summed E-state index contributed by atoms with van der Waals surface area (Å²) in [6.45, 7) is 6.41. The van der Waals surface area contributed by atoms with E-state index in [9.17, 15) is 0 Å². The van der Waals surface area contributed by atoms with E-state index in [1.807, 2.05) is 0 Å². The van der Waals surface area contributed by atoms with Crippen LogP contribution >= 0.6 is 11.6 Å². The van der Waals surface area contributed by atoms with Gasteiger partial charge in [0.25, 0.3) is 0 Å². The minimum atomic E-state index is 0.138. The molecule has 0 fully saturated rings. The lowest BCUT2D eigenvalue weighted by atomic mass is 9.92. The molecule has 3 nitrogen and oxygen atoms in total. The maximum atomic E-state index is 6.03. The van der Waals surface area contributed by atoms with Gasteiger partial charge < -0.3 is 10.2 Å². The number of hydrogen-bond acceptors (Lipinski definition) is 3. The number of nitrogen functional groups attached to an aromatic ring is 1. The average Bonchev–Trinajstić information content (AvgIpc) is 2.43. The van der Waals surface area contributed by atoms with E-state index in [4.69, 9.17) is 21.8 Å². The van der Waals surface area contributed by atoms with Gasteiger partial charge in [-0.15, -0.1) is 0 Å². The van der Waals surface area contributed by atoms with Crippen molar-refractivity contribution in [1.29, 1.82) is 0 Å². The number of nitrogens with zero attached hydrogens (tertiary/aromatic N) is 1. The Kier molecular flexibility index (Phi) is 2.58. The first-order valence-corrected chi connectivity index (χ1v) is 5.57. The van der Waals surface area contributed by atoms with E-state index in [1.165, 1.54) is 0 Å². The second-order valence-corrected chi connectivity index (χ2v) is 5.60. The highest BCUT2D eigenvalue weighted by atomic mass is 35.5. The summed E-state index contributed by atoms with van der Waals surface area (Å²) in [6.07, 6.45) is 0.776. The van der Waals surface area contributed by atoms with Crippen molar-refractivity contribution in [2.45, 2.75) is 27.2 Å². The van der Waals surface area contributed by atoms with E-state index in [2.05, 4.69) is 25.8 Å². The second kappa shape index (κ2) is 3.67. The highest BCUT2D eigenvalue weighted by Gasteiger charge is 2.17. The van der Waals surface area contributed by atoms with E-state index in [-0.39, 0.29) is 5.41 Å². The number of fused-ring (bicyclic) bond motifs is 1. The van der Waals surface area contributed by atoms with Crippen LogP contribution in [0.4, 0.5) is 5.69 Å². The minimum Gasteiger partial charge on any atom is -0.439 e. The summed E-state index contributed by atoms with van der Waals surface area (Å²) < 4.78 is 5.63. The SMILES string of the molecule is CC(C)(C)Cc1nc2cc(N)cc(Cl)c2o1. The lowest BCUT2D eigenvalue weighted by molar-refractivity contribution is 0.362. The van der Waals surface area contributed by atoms with Gasteiger partial charge in [0.15, 0.2) is 11.5 Å². The van der Waals surface area contributed by atoms with Crippen LogP contribution < -0.4 is 5.73 Å². The molecule has 0 bridgehead atoms. The Balaban J connectivity index is 2.48. The summed E-state index contributed by atoms with van der Waals surface area (Å²) >= 11 is 6.03. The van der Waals surface area contributed by atoms with Gasteiger partial charge in [-0.1, -0.05) is 32.4 Å². The smallest absolute Gasteiger partial charge is 0.196 e. The molecule has 0 unspecified atom stereocenters. The van der Waals surface area contributed by atoms with Crippen molar-refractivity contribution in [1.82, 2.24) is 4.98 Å². The fraction of sp³-hybridized carbons (Fsp3) is 0.417. The van der Waals surface area contributed by atoms with Crippen LogP contribution in [0.1, 0.15) is 26.7 Å². The standard InChI is InChI=1S/C12H15ClN2O/c1-12(2,3)6-10-15-9-5-7(14)4-8(13)11(9)16-10/h4-5H,6,14H2,1-3H3. The normalized spacial score (nSPS) is 12.2.